The Morgan fingerprint density at radius 1 is 1.46 bits per heavy atom. The van der Waals surface area contributed by atoms with Gasteiger partial charge in [-0.15, -0.1) is 0 Å². The highest BCUT2D eigenvalue weighted by molar-refractivity contribution is 6.38. The van der Waals surface area contributed by atoms with Gasteiger partial charge in [0.2, 0.25) is 0 Å². The van der Waals surface area contributed by atoms with E-state index in [9.17, 15) is 9.18 Å². The van der Waals surface area contributed by atoms with E-state index in [-0.39, 0.29) is 22.5 Å². The first-order valence-corrected chi connectivity index (χ1v) is 7.97. The Hall–Kier alpha value is -2.54. The van der Waals surface area contributed by atoms with E-state index in [2.05, 4.69) is 15.2 Å². The van der Waals surface area contributed by atoms with Gasteiger partial charge in [0.15, 0.2) is 0 Å². The fourth-order valence-corrected chi connectivity index (χ4v) is 3.53. The Morgan fingerprint density at radius 3 is 3.04 bits per heavy atom. The lowest BCUT2D eigenvalue weighted by atomic mass is 10.0. The van der Waals surface area contributed by atoms with E-state index in [4.69, 9.17) is 17.3 Å². The number of hydrogen-bond donors (Lipinski definition) is 3. The molecule has 0 spiro atoms. The molecular formula is C16H15ClFN5O. The molecule has 1 aromatic carbocycles. The van der Waals surface area contributed by atoms with Crippen LogP contribution in [0.5, 0.6) is 0 Å². The smallest absolute Gasteiger partial charge is 0.271 e. The van der Waals surface area contributed by atoms with Crippen molar-refractivity contribution in [3.8, 4) is 0 Å². The minimum atomic E-state index is -0.390. The van der Waals surface area contributed by atoms with Gasteiger partial charge in [-0.05, 0) is 24.6 Å². The summed E-state index contributed by atoms with van der Waals surface area (Å²) in [6.07, 6.45) is 2.37. The van der Waals surface area contributed by atoms with Crippen LogP contribution < -0.4 is 5.73 Å². The predicted molar refractivity (Wildman–Crippen MR) is 89.5 cm³/mol. The molecular weight excluding hydrogens is 333 g/mol. The Bertz CT molecular complexity index is 934. The Balaban J connectivity index is 1.61. The third kappa shape index (κ3) is 2.32. The van der Waals surface area contributed by atoms with Crippen LogP contribution in [0.25, 0.3) is 10.9 Å². The molecule has 6 nitrogen and oxygen atoms in total. The molecule has 1 atom stereocenters. The highest BCUT2D eigenvalue weighted by atomic mass is 35.5. The molecule has 1 saturated heterocycles. The molecule has 0 radical (unpaired) electrons. The minimum Gasteiger partial charge on any atom is -0.396 e. The van der Waals surface area contributed by atoms with Crippen molar-refractivity contribution in [3.63, 3.8) is 0 Å². The number of nitrogens with zero attached hydrogens (tertiary/aromatic N) is 2. The number of nitrogens with one attached hydrogen (secondary N) is 2. The number of hydrogen-bond acceptors (Lipinski definition) is 3. The van der Waals surface area contributed by atoms with Crippen molar-refractivity contribution in [3.05, 3.63) is 46.6 Å². The number of halogens is 2. The summed E-state index contributed by atoms with van der Waals surface area (Å²) in [6.45, 7) is 1.13. The second-order valence-corrected chi connectivity index (χ2v) is 6.36. The quantitative estimate of drug-likeness (QED) is 0.665. The number of carbonyl (C=O) groups is 1. The summed E-state index contributed by atoms with van der Waals surface area (Å²) in [6, 6.07) is 4.23. The molecule has 124 valence electrons. The number of likely N-dealkylation sites (tertiary alicyclic amines) is 1. The normalized spacial score (nSPS) is 17.8. The summed E-state index contributed by atoms with van der Waals surface area (Å²) < 4.78 is 13.4. The van der Waals surface area contributed by atoms with Gasteiger partial charge in [0.25, 0.3) is 5.91 Å². The van der Waals surface area contributed by atoms with E-state index >= 15 is 0 Å². The third-order valence-electron chi connectivity index (χ3n) is 4.49. The number of nitrogen functional groups attached to an aromatic ring is 1. The number of rotatable bonds is 2. The van der Waals surface area contributed by atoms with Gasteiger partial charge < -0.3 is 15.6 Å². The van der Waals surface area contributed by atoms with Gasteiger partial charge in [0.1, 0.15) is 11.5 Å². The van der Waals surface area contributed by atoms with Crippen molar-refractivity contribution >= 4 is 34.1 Å². The summed E-state index contributed by atoms with van der Waals surface area (Å²) in [4.78, 5) is 17.5. The van der Waals surface area contributed by atoms with E-state index in [1.54, 1.807) is 17.2 Å². The molecule has 0 saturated carbocycles. The van der Waals surface area contributed by atoms with E-state index in [1.165, 1.54) is 12.1 Å². The van der Waals surface area contributed by atoms with Crippen LogP contribution in [0.4, 0.5) is 10.1 Å². The maximum absolute atomic E-state index is 13.4. The first-order valence-electron chi connectivity index (χ1n) is 7.59. The standard InChI is InChI=1S/C16H15ClFN5O/c17-13-10-5-9(18)1-2-12(10)21-15(13)16(24)23-4-3-8(7-23)14-11(19)6-20-22-14/h1-2,5-6,8,21H,3-4,7,19H2,(H,20,22). The fourth-order valence-electron chi connectivity index (χ4n) is 3.25. The SMILES string of the molecule is Nc1cn[nH]c1C1CCN(C(=O)c2[nH]c3ccc(F)cc3c2Cl)C1. The van der Waals surface area contributed by atoms with Crippen molar-refractivity contribution < 1.29 is 9.18 Å². The van der Waals surface area contributed by atoms with Crippen LogP contribution in [0.3, 0.4) is 0 Å². The number of anilines is 1. The van der Waals surface area contributed by atoms with Crippen LogP contribution >= 0.6 is 11.6 Å². The number of nitrogens with two attached hydrogens (primary N) is 1. The molecule has 3 heterocycles. The number of fused-ring (bicyclic) bond motifs is 1. The second-order valence-electron chi connectivity index (χ2n) is 5.98. The molecule has 3 aromatic rings. The van der Waals surface area contributed by atoms with E-state index < -0.39 is 5.82 Å². The molecule has 8 heteroatoms. The molecule has 1 unspecified atom stereocenters. The average Bonchev–Trinajstić information content (AvgIpc) is 3.26. The van der Waals surface area contributed by atoms with Crippen molar-refractivity contribution in [2.75, 3.05) is 18.8 Å². The van der Waals surface area contributed by atoms with Gasteiger partial charge in [-0.2, -0.15) is 5.10 Å². The van der Waals surface area contributed by atoms with Gasteiger partial charge in [-0.25, -0.2) is 4.39 Å². The van der Waals surface area contributed by atoms with Crippen molar-refractivity contribution in [2.24, 2.45) is 0 Å². The summed E-state index contributed by atoms with van der Waals surface area (Å²) >= 11 is 6.28. The molecule has 4 N–H and O–H groups in total. The summed E-state index contributed by atoms with van der Waals surface area (Å²) in [5, 5.41) is 7.58. The Labute approximate surface area is 141 Å². The number of carbonyl (C=O) groups excluding carboxylic acids is 1. The molecule has 0 bridgehead atoms. The summed E-state index contributed by atoms with van der Waals surface area (Å²) in [5.74, 6) is -0.465. The highest BCUT2D eigenvalue weighted by Gasteiger charge is 2.31. The van der Waals surface area contributed by atoms with Crippen LogP contribution in [-0.2, 0) is 0 Å². The molecule has 2 aromatic heterocycles. The zero-order valence-corrected chi connectivity index (χ0v) is 13.4. The number of amides is 1. The number of H-pyrrole nitrogens is 2. The first-order chi connectivity index (χ1) is 11.5. The topological polar surface area (TPSA) is 90.8 Å². The van der Waals surface area contributed by atoms with Gasteiger partial charge in [0.05, 0.1) is 22.6 Å². The second kappa shape index (κ2) is 5.52. The van der Waals surface area contributed by atoms with Crippen molar-refractivity contribution in [2.45, 2.75) is 12.3 Å². The van der Waals surface area contributed by atoms with Crippen LogP contribution in [0.15, 0.2) is 24.4 Å². The monoisotopic (exact) mass is 347 g/mol. The van der Waals surface area contributed by atoms with Gasteiger partial charge in [-0.3, -0.25) is 9.89 Å². The highest BCUT2D eigenvalue weighted by Crippen LogP contribution is 2.33. The summed E-state index contributed by atoms with van der Waals surface area (Å²) in [5.41, 5.74) is 8.27. The van der Waals surface area contributed by atoms with Crippen LogP contribution in [0.2, 0.25) is 5.02 Å². The number of benzene rings is 1. The predicted octanol–water partition coefficient (Wildman–Crippen LogP) is 2.90. The van der Waals surface area contributed by atoms with Crippen LogP contribution in [-0.4, -0.2) is 39.1 Å². The third-order valence-corrected chi connectivity index (χ3v) is 4.89. The van der Waals surface area contributed by atoms with E-state index in [0.29, 0.717) is 29.7 Å². The Morgan fingerprint density at radius 2 is 2.29 bits per heavy atom. The lowest BCUT2D eigenvalue weighted by molar-refractivity contribution is 0.0786. The number of aromatic amines is 2. The van der Waals surface area contributed by atoms with E-state index in [1.807, 2.05) is 0 Å². The van der Waals surface area contributed by atoms with Gasteiger partial charge in [0, 0.05) is 29.9 Å². The molecule has 24 heavy (non-hydrogen) atoms. The molecule has 4 rings (SSSR count). The maximum Gasteiger partial charge on any atom is 0.271 e. The van der Waals surface area contributed by atoms with Crippen LogP contribution in [0.1, 0.15) is 28.5 Å². The fraction of sp³-hybridized carbons (Fsp3) is 0.250. The lowest BCUT2D eigenvalue weighted by Crippen LogP contribution is -2.29. The van der Waals surface area contributed by atoms with Gasteiger partial charge in [-0.1, -0.05) is 11.6 Å². The van der Waals surface area contributed by atoms with Crippen LogP contribution in [0, 0.1) is 5.82 Å². The molecule has 0 aliphatic carbocycles. The molecule has 1 aliphatic rings. The summed E-state index contributed by atoms with van der Waals surface area (Å²) in [7, 11) is 0. The largest absolute Gasteiger partial charge is 0.396 e. The average molecular weight is 348 g/mol. The maximum atomic E-state index is 13.4. The molecule has 1 fully saturated rings. The minimum absolute atomic E-state index is 0.122. The zero-order chi connectivity index (χ0) is 16.8. The van der Waals surface area contributed by atoms with Crippen molar-refractivity contribution in [1.82, 2.24) is 20.1 Å². The molecule has 1 aliphatic heterocycles. The Kier molecular flexibility index (Phi) is 3.45. The first kappa shape index (κ1) is 15.0. The zero-order valence-electron chi connectivity index (χ0n) is 12.6. The van der Waals surface area contributed by atoms with Gasteiger partial charge >= 0.3 is 0 Å². The van der Waals surface area contributed by atoms with E-state index in [0.717, 1.165) is 12.1 Å². The lowest BCUT2D eigenvalue weighted by Gasteiger charge is -2.15. The number of aromatic nitrogens is 3. The molecule has 1 amide bonds. The van der Waals surface area contributed by atoms with Crippen molar-refractivity contribution in [1.29, 1.82) is 0 Å².